The Labute approximate surface area is 141 Å². The zero-order chi connectivity index (χ0) is 16.5. The Morgan fingerprint density at radius 3 is 2.62 bits per heavy atom. The monoisotopic (exact) mass is 320 g/mol. The molecular formula is C21H21FN2. The van der Waals surface area contributed by atoms with Gasteiger partial charge in [-0.15, -0.1) is 0 Å². The zero-order valence-electron chi connectivity index (χ0n) is 13.9. The van der Waals surface area contributed by atoms with Gasteiger partial charge in [-0.25, -0.2) is 9.37 Å². The normalized spacial score (nSPS) is 18.1. The first-order chi connectivity index (χ1) is 11.7. The van der Waals surface area contributed by atoms with Crippen LogP contribution in [-0.4, -0.2) is 17.6 Å². The van der Waals surface area contributed by atoms with E-state index in [1.807, 2.05) is 30.3 Å². The van der Waals surface area contributed by atoms with E-state index >= 15 is 0 Å². The van der Waals surface area contributed by atoms with Gasteiger partial charge in [0.05, 0.1) is 16.9 Å². The van der Waals surface area contributed by atoms with Crippen molar-refractivity contribution < 1.29 is 4.39 Å². The molecule has 1 aromatic heterocycles. The van der Waals surface area contributed by atoms with Crippen LogP contribution in [-0.2, 0) is 0 Å². The minimum atomic E-state index is -0.215. The molecule has 0 saturated carbocycles. The fourth-order valence-electron chi connectivity index (χ4n) is 3.60. The van der Waals surface area contributed by atoms with Crippen LogP contribution in [0.4, 0.5) is 10.1 Å². The number of piperidine rings is 1. The Hall–Kier alpha value is -2.42. The van der Waals surface area contributed by atoms with Gasteiger partial charge in [-0.3, -0.25) is 0 Å². The van der Waals surface area contributed by atoms with Gasteiger partial charge in [0.1, 0.15) is 5.82 Å². The van der Waals surface area contributed by atoms with Crippen molar-refractivity contribution in [3.05, 3.63) is 60.4 Å². The van der Waals surface area contributed by atoms with Crippen molar-refractivity contribution in [3.63, 3.8) is 0 Å². The van der Waals surface area contributed by atoms with Crippen LogP contribution in [0.1, 0.15) is 26.2 Å². The van der Waals surface area contributed by atoms with Crippen LogP contribution in [0.15, 0.2) is 54.6 Å². The lowest BCUT2D eigenvalue weighted by Crippen LogP contribution is -2.37. The minimum absolute atomic E-state index is 0.215. The van der Waals surface area contributed by atoms with E-state index in [9.17, 15) is 4.39 Å². The number of para-hydroxylation sites is 1. The number of benzene rings is 2. The summed E-state index contributed by atoms with van der Waals surface area (Å²) in [5, 5.41) is 1.15. The van der Waals surface area contributed by atoms with Crippen LogP contribution in [0.2, 0.25) is 0 Å². The summed E-state index contributed by atoms with van der Waals surface area (Å²) in [6.07, 6.45) is 3.69. The number of hydrogen-bond donors (Lipinski definition) is 0. The molecule has 0 amide bonds. The average molecular weight is 320 g/mol. The first-order valence-electron chi connectivity index (χ1n) is 8.65. The van der Waals surface area contributed by atoms with Crippen LogP contribution < -0.4 is 4.90 Å². The lowest BCUT2D eigenvalue weighted by atomic mass is 10.00. The number of aromatic nitrogens is 1. The van der Waals surface area contributed by atoms with Crippen molar-refractivity contribution in [2.75, 3.05) is 11.4 Å². The maximum absolute atomic E-state index is 13.3. The molecule has 24 heavy (non-hydrogen) atoms. The van der Waals surface area contributed by atoms with Crippen LogP contribution in [0.5, 0.6) is 0 Å². The topological polar surface area (TPSA) is 16.1 Å². The summed E-state index contributed by atoms with van der Waals surface area (Å²) < 4.78 is 13.3. The third-order valence-electron chi connectivity index (χ3n) is 4.93. The van der Waals surface area contributed by atoms with Gasteiger partial charge in [-0.1, -0.05) is 18.2 Å². The van der Waals surface area contributed by atoms with Gasteiger partial charge in [0.2, 0.25) is 0 Å². The number of hydrogen-bond acceptors (Lipinski definition) is 2. The second-order valence-corrected chi connectivity index (χ2v) is 6.59. The molecule has 3 aromatic rings. The highest BCUT2D eigenvalue weighted by molar-refractivity contribution is 5.89. The fourth-order valence-corrected chi connectivity index (χ4v) is 3.60. The average Bonchev–Trinajstić information content (AvgIpc) is 2.62. The standard InChI is InChI=1S/C21H21FN2/c1-15-6-4-5-13-24(15)20-14-17-7-2-3-8-19(17)23-21(20)16-9-11-18(22)12-10-16/h2-3,7-12,14-15H,4-6,13H2,1H3/t15-/m1/s1. The van der Waals surface area contributed by atoms with Crippen LogP contribution in [0.25, 0.3) is 22.2 Å². The van der Waals surface area contributed by atoms with E-state index in [2.05, 4.69) is 24.0 Å². The highest BCUT2D eigenvalue weighted by Crippen LogP contribution is 2.35. The van der Waals surface area contributed by atoms with E-state index in [1.54, 1.807) is 0 Å². The van der Waals surface area contributed by atoms with E-state index in [1.165, 1.54) is 31.4 Å². The maximum Gasteiger partial charge on any atom is 0.123 e. The van der Waals surface area contributed by atoms with Gasteiger partial charge in [0.15, 0.2) is 0 Å². The number of halogens is 1. The molecule has 1 aliphatic heterocycles. The first-order valence-corrected chi connectivity index (χ1v) is 8.65. The van der Waals surface area contributed by atoms with Crippen molar-refractivity contribution in [3.8, 4) is 11.3 Å². The Morgan fingerprint density at radius 2 is 1.83 bits per heavy atom. The molecule has 0 bridgehead atoms. The largest absolute Gasteiger partial charge is 0.367 e. The lowest BCUT2D eigenvalue weighted by Gasteiger charge is -2.36. The molecule has 1 aliphatic rings. The van der Waals surface area contributed by atoms with E-state index in [0.717, 1.165) is 34.4 Å². The summed E-state index contributed by atoms with van der Waals surface area (Å²) in [7, 11) is 0. The molecule has 1 saturated heterocycles. The van der Waals surface area contributed by atoms with Gasteiger partial charge in [-0.2, -0.15) is 0 Å². The molecule has 1 atom stereocenters. The third-order valence-corrected chi connectivity index (χ3v) is 4.93. The number of pyridine rings is 1. The van der Waals surface area contributed by atoms with Gasteiger partial charge in [0.25, 0.3) is 0 Å². The SMILES string of the molecule is C[C@@H]1CCCCN1c1cc2ccccc2nc1-c1ccc(F)cc1. The maximum atomic E-state index is 13.3. The fraction of sp³-hybridized carbons (Fsp3) is 0.286. The lowest BCUT2D eigenvalue weighted by molar-refractivity contribution is 0.485. The summed E-state index contributed by atoms with van der Waals surface area (Å²) in [4.78, 5) is 7.38. The van der Waals surface area contributed by atoms with Crippen LogP contribution in [0.3, 0.4) is 0 Å². The van der Waals surface area contributed by atoms with E-state index in [-0.39, 0.29) is 5.82 Å². The molecule has 4 rings (SSSR count). The number of anilines is 1. The molecule has 2 heterocycles. The van der Waals surface area contributed by atoms with E-state index < -0.39 is 0 Å². The Morgan fingerprint density at radius 1 is 1.04 bits per heavy atom. The Balaban J connectivity index is 1.91. The number of fused-ring (bicyclic) bond motifs is 1. The van der Waals surface area contributed by atoms with Gasteiger partial charge in [0, 0.05) is 23.5 Å². The highest BCUT2D eigenvalue weighted by atomic mass is 19.1. The van der Waals surface area contributed by atoms with Crippen molar-refractivity contribution in [1.29, 1.82) is 0 Å². The third kappa shape index (κ3) is 2.75. The summed E-state index contributed by atoms with van der Waals surface area (Å²) in [6, 6.07) is 17.6. The van der Waals surface area contributed by atoms with Crippen molar-refractivity contribution >= 4 is 16.6 Å². The van der Waals surface area contributed by atoms with Crippen molar-refractivity contribution in [2.45, 2.75) is 32.2 Å². The molecular weight excluding hydrogens is 299 g/mol. The van der Waals surface area contributed by atoms with Gasteiger partial charge in [-0.05, 0) is 62.6 Å². The summed E-state index contributed by atoms with van der Waals surface area (Å²) >= 11 is 0. The van der Waals surface area contributed by atoms with Crippen molar-refractivity contribution in [2.24, 2.45) is 0 Å². The predicted molar refractivity (Wildman–Crippen MR) is 97.8 cm³/mol. The van der Waals surface area contributed by atoms with Crippen molar-refractivity contribution in [1.82, 2.24) is 4.98 Å². The van der Waals surface area contributed by atoms with E-state index in [0.29, 0.717) is 6.04 Å². The van der Waals surface area contributed by atoms with E-state index in [4.69, 9.17) is 4.98 Å². The zero-order valence-corrected chi connectivity index (χ0v) is 13.9. The van der Waals surface area contributed by atoms with Gasteiger partial charge >= 0.3 is 0 Å². The molecule has 1 fully saturated rings. The second-order valence-electron chi connectivity index (χ2n) is 6.59. The molecule has 0 unspecified atom stereocenters. The van der Waals surface area contributed by atoms with Gasteiger partial charge < -0.3 is 4.90 Å². The highest BCUT2D eigenvalue weighted by Gasteiger charge is 2.22. The number of nitrogens with zero attached hydrogens (tertiary/aromatic N) is 2. The molecule has 0 aliphatic carbocycles. The Kier molecular flexibility index (Phi) is 3.93. The second kappa shape index (κ2) is 6.23. The summed E-state index contributed by atoms with van der Waals surface area (Å²) in [5.41, 5.74) is 4.05. The summed E-state index contributed by atoms with van der Waals surface area (Å²) in [5.74, 6) is -0.215. The molecule has 2 aromatic carbocycles. The summed E-state index contributed by atoms with van der Waals surface area (Å²) in [6.45, 7) is 3.33. The molecule has 0 spiro atoms. The van der Waals surface area contributed by atoms with Crippen LogP contribution in [0, 0.1) is 5.82 Å². The van der Waals surface area contributed by atoms with Crippen LogP contribution >= 0.6 is 0 Å². The molecule has 0 radical (unpaired) electrons. The first kappa shape index (κ1) is 15.1. The smallest absolute Gasteiger partial charge is 0.123 e. The molecule has 3 heteroatoms. The molecule has 122 valence electrons. The molecule has 2 nitrogen and oxygen atoms in total. The minimum Gasteiger partial charge on any atom is -0.367 e. The number of rotatable bonds is 2. The molecule has 0 N–H and O–H groups in total. The predicted octanol–water partition coefficient (Wildman–Crippen LogP) is 5.42. The quantitative estimate of drug-likeness (QED) is 0.627. The Bertz CT molecular complexity index is 857.